The van der Waals surface area contributed by atoms with E-state index in [0.717, 1.165) is 17.1 Å². The largest absolute Gasteiger partial charge is 0.311 e. The van der Waals surface area contributed by atoms with E-state index < -0.39 is 5.41 Å². The van der Waals surface area contributed by atoms with Crippen molar-refractivity contribution in [2.75, 3.05) is 4.90 Å². The normalized spacial score (nSPS) is 12.7. The van der Waals surface area contributed by atoms with Gasteiger partial charge in [0.2, 0.25) is 0 Å². The maximum Gasteiger partial charge on any atom is 0.0713 e. The Labute approximate surface area is 360 Å². The summed E-state index contributed by atoms with van der Waals surface area (Å²) in [5, 5.41) is 5.26. The van der Waals surface area contributed by atoms with Crippen LogP contribution in [0.25, 0.3) is 64.3 Å². The van der Waals surface area contributed by atoms with Crippen LogP contribution in [0.3, 0.4) is 0 Å². The Kier molecular flexibility index (Phi) is 8.33. The highest BCUT2D eigenvalue weighted by atomic mass is 32.1. The summed E-state index contributed by atoms with van der Waals surface area (Å²) in [4.78, 5) is 2.39. The SMILES string of the molecule is c1ccc(-c2ccc(N(c3ccc(-c4cccc5c4sc4ccc6ccccc6c45)cc3)c3ccc(C4(c5ccccc5)c5ccccc5-c5ccccc54)cc3)cc2)cc1. The van der Waals surface area contributed by atoms with E-state index in [1.54, 1.807) is 0 Å². The molecular weight excluding hydrogens is 755 g/mol. The molecule has 0 unspecified atom stereocenters. The first kappa shape index (κ1) is 35.4. The van der Waals surface area contributed by atoms with E-state index in [9.17, 15) is 0 Å². The van der Waals surface area contributed by atoms with Crippen molar-refractivity contribution in [3.63, 3.8) is 0 Å². The molecular formula is C59H39NS. The van der Waals surface area contributed by atoms with Gasteiger partial charge in [0, 0.05) is 37.2 Å². The molecule has 0 bridgehead atoms. The molecule has 1 nitrogen and oxygen atoms in total. The van der Waals surface area contributed by atoms with E-state index in [2.05, 4.69) is 241 Å². The molecule has 12 rings (SSSR count). The minimum Gasteiger partial charge on any atom is -0.311 e. The Morgan fingerprint density at radius 1 is 0.328 bits per heavy atom. The van der Waals surface area contributed by atoms with Crippen molar-refractivity contribution in [2.45, 2.75) is 5.41 Å². The average molecular weight is 794 g/mol. The summed E-state index contributed by atoms with van der Waals surface area (Å²) >= 11 is 1.89. The van der Waals surface area contributed by atoms with Crippen LogP contribution in [0, 0.1) is 0 Å². The standard InChI is InChI=1S/C59H39NS/c1-3-14-40(15-4-1)41-26-33-46(34-27-41)60(47-35-28-43(29-36-47)50-22-13-23-53-57-49-19-8-7-16-42(49)30-39-56(57)61-58(50)53)48-37-31-45(32-38-48)59(44-17-5-2-6-18-44)54-24-11-9-20-51(54)52-21-10-12-25-55(52)59/h1-39H. The molecule has 0 amide bonds. The molecule has 1 aromatic heterocycles. The molecule has 2 heteroatoms. The van der Waals surface area contributed by atoms with Gasteiger partial charge in [0.05, 0.1) is 5.41 Å². The molecule has 1 heterocycles. The minimum absolute atomic E-state index is 0.448. The quantitative estimate of drug-likeness (QED) is 0.155. The summed E-state index contributed by atoms with van der Waals surface area (Å²) in [6.07, 6.45) is 0. The number of hydrogen-bond acceptors (Lipinski definition) is 2. The second kappa shape index (κ2) is 14.3. The van der Waals surface area contributed by atoms with Gasteiger partial charge in [0.1, 0.15) is 0 Å². The van der Waals surface area contributed by atoms with Crippen LogP contribution in [-0.4, -0.2) is 0 Å². The Bertz CT molecular complexity index is 3340. The molecule has 1 aliphatic rings. The van der Waals surface area contributed by atoms with Crippen LogP contribution in [0.15, 0.2) is 237 Å². The van der Waals surface area contributed by atoms with Crippen LogP contribution in [0.4, 0.5) is 17.1 Å². The molecule has 0 N–H and O–H groups in total. The predicted octanol–water partition coefficient (Wildman–Crippen LogP) is 16.4. The van der Waals surface area contributed by atoms with Crippen molar-refractivity contribution in [3.05, 3.63) is 259 Å². The van der Waals surface area contributed by atoms with Crippen molar-refractivity contribution >= 4 is 59.3 Å². The fraction of sp³-hybridized carbons (Fsp3) is 0.0169. The van der Waals surface area contributed by atoms with Gasteiger partial charge in [-0.05, 0) is 109 Å². The van der Waals surface area contributed by atoms with Gasteiger partial charge in [-0.2, -0.15) is 0 Å². The summed E-state index contributed by atoms with van der Waals surface area (Å²) < 4.78 is 2.65. The van der Waals surface area contributed by atoms with Crippen LogP contribution < -0.4 is 4.90 Å². The highest BCUT2D eigenvalue weighted by Gasteiger charge is 2.45. The molecule has 0 saturated heterocycles. The zero-order valence-corrected chi connectivity index (χ0v) is 34.2. The monoisotopic (exact) mass is 793 g/mol. The molecule has 1 aliphatic carbocycles. The smallest absolute Gasteiger partial charge is 0.0713 e. The molecule has 0 aliphatic heterocycles. The van der Waals surface area contributed by atoms with Gasteiger partial charge < -0.3 is 4.90 Å². The van der Waals surface area contributed by atoms with E-state index in [1.807, 2.05) is 11.3 Å². The number of benzene rings is 10. The summed E-state index contributed by atoms with van der Waals surface area (Å²) in [5.74, 6) is 0. The number of anilines is 3. The lowest BCUT2D eigenvalue weighted by atomic mass is 9.68. The van der Waals surface area contributed by atoms with Gasteiger partial charge >= 0.3 is 0 Å². The molecule has 286 valence electrons. The summed E-state index contributed by atoms with van der Waals surface area (Å²) in [7, 11) is 0. The molecule has 11 aromatic rings. The van der Waals surface area contributed by atoms with Gasteiger partial charge in [-0.3, -0.25) is 0 Å². The van der Waals surface area contributed by atoms with Gasteiger partial charge in [-0.15, -0.1) is 11.3 Å². The van der Waals surface area contributed by atoms with Gasteiger partial charge in [-0.25, -0.2) is 0 Å². The number of thiophene rings is 1. The van der Waals surface area contributed by atoms with Gasteiger partial charge in [-0.1, -0.05) is 194 Å². The third-order valence-electron chi connectivity index (χ3n) is 12.8. The topological polar surface area (TPSA) is 3.24 Å². The van der Waals surface area contributed by atoms with Gasteiger partial charge in [0.15, 0.2) is 0 Å². The Balaban J connectivity index is 0.987. The number of hydrogen-bond donors (Lipinski definition) is 0. The van der Waals surface area contributed by atoms with Crippen molar-refractivity contribution in [1.29, 1.82) is 0 Å². The van der Waals surface area contributed by atoms with E-state index >= 15 is 0 Å². The fourth-order valence-corrected chi connectivity index (χ4v) is 11.3. The molecule has 10 aromatic carbocycles. The first-order chi connectivity index (χ1) is 30.3. The maximum absolute atomic E-state index is 2.39. The van der Waals surface area contributed by atoms with E-state index in [-0.39, 0.29) is 0 Å². The number of fused-ring (bicyclic) bond motifs is 8. The highest BCUT2D eigenvalue weighted by Crippen LogP contribution is 2.56. The van der Waals surface area contributed by atoms with Crippen molar-refractivity contribution < 1.29 is 0 Å². The number of rotatable bonds is 7. The highest BCUT2D eigenvalue weighted by molar-refractivity contribution is 7.26. The molecule has 0 spiro atoms. The average Bonchev–Trinajstić information content (AvgIpc) is 3.88. The third-order valence-corrected chi connectivity index (χ3v) is 14.0. The van der Waals surface area contributed by atoms with Crippen LogP contribution in [0.2, 0.25) is 0 Å². The maximum atomic E-state index is 2.39. The summed E-state index contributed by atoms with van der Waals surface area (Å²) in [5.41, 5.74) is 15.5. The predicted molar refractivity (Wildman–Crippen MR) is 260 cm³/mol. The molecule has 0 atom stereocenters. The Hall–Kier alpha value is -7.52. The lowest BCUT2D eigenvalue weighted by Crippen LogP contribution is -2.28. The van der Waals surface area contributed by atoms with Crippen molar-refractivity contribution in [2.24, 2.45) is 0 Å². The van der Waals surface area contributed by atoms with Crippen molar-refractivity contribution in [3.8, 4) is 33.4 Å². The van der Waals surface area contributed by atoms with E-state index in [4.69, 9.17) is 0 Å². The first-order valence-corrected chi connectivity index (χ1v) is 21.8. The second-order valence-electron chi connectivity index (χ2n) is 16.0. The van der Waals surface area contributed by atoms with Crippen LogP contribution in [-0.2, 0) is 5.41 Å². The number of nitrogens with zero attached hydrogens (tertiary/aromatic N) is 1. The first-order valence-electron chi connectivity index (χ1n) is 21.0. The minimum atomic E-state index is -0.448. The third kappa shape index (κ3) is 5.60. The van der Waals surface area contributed by atoms with Crippen LogP contribution in [0.1, 0.15) is 22.3 Å². The van der Waals surface area contributed by atoms with E-state index in [0.29, 0.717) is 0 Å². The molecule has 0 fully saturated rings. The second-order valence-corrected chi connectivity index (χ2v) is 17.0. The summed E-state index contributed by atoms with van der Waals surface area (Å²) in [6, 6.07) is 87.1. The van der Waals surface area contributed by atoms with E-state index in [1.165, 1.54) is 86.6 Å². The Morgan fingerprint density at radius 2 is 0.820 bits per heavy atom. The molecule has 0 radical (unpaired) electrons. The van der Waals surface area contributed by atoms with Crippen molar-refractivity contribution in [1.82, 2.24) is 0 Å². The zero-order valence-electron chi connectivity index (χ0n) is 33.4. The van der Waals surface area contributed by atoms with Gasteiger partial charge in [0.25, 0.3) is 0 Å². The van der Waals surface area contributed by atoms with Crippen LogP contribution in [0.5, 0.6) is 0 Å². The lowest BCUT2D eigenvalue weighted by molar-refractivity contribution is 0.768. The van der Waals surface area contributed by atoms with Crippen LogP contribution >= 0.6 is 11.3 Å². The summed E-state index contributed by atoms with van der Waals surface area (Å²) in [6.45, 7) is 0. The molecule has 0 saturated carbocycles. The Morgan fingerprint density at radius 3 is 1.49 bits per heavy atom. The zero-order chi connectivity index (χ0) is 40.3. The fourth-order valence-electron chi connectivity index (χ4n) is 10.0. The molecule has 61 heavy (non-hydrogen) atoms. The lowest BCUT2D eigenvalue weighted by Gasteiger charge is -2.34.